The second-order valence-electron chi connectivity index (χ2n) is 3.97. The zero-order chi connectivity index (χ0) is 10.2. The van der Waals surface area contributed by atoms with E-state index in [2.05, 4.69) is 35.6 Å². The molecule has 0 radical (unpaired) electrons. The van der Waals surface area contributed by atoms with Crippen molar-refractivity contribution in [2.24, 2.45) is 0 Å². The van der Waals surface area contributed by atoms with Crippen LogP contribution in [-0.4, -0.2) is 8.07 Å². The van der Waals surface area contributed by atoms with Crippen molar-refractivity contribution in [3.8, 4) is 0 Å². The molecular formula is C9H11BrClFSi. The van der Waals surface area contributed by atoms with Gasteiger partial charge in [-0.05, 0) is 33.2 Å². The van der Waals surface area contributed by atoms with Crippen LogP contribution < -0.4 is 5.19 Å². The Balaban J connectivity index is 3.43. The Morgan fingerprint density at radius 1 is 1.31 bits per heavy atom. The van der Waals surface area contributed by atoms with E-state index in [9.17, 15) is 4.39 Å². The summed E-state index contributed by atoms with van der Waals surface area (Å²) in [5, 5.41) is 1.35. The third-order valence-corrected chi connectivity index (χ3v) is 5.52. The Labute approximate surface area is 92.2 Å². The van der Waals surface area contributed by atoms with E-state index in [0.717, 1.165) is 5.19 Å². The number of hydrogen-bond acceptors (Lipinski definition) is 0. The highest BCUT2D eigenvalue weighted by Crippen LogP contribution is 2.24. The van der Waals surface area contributed by atoms with Crippen molar-refractivity contribution in [3.63, 3.8) is 0 Å². The van der Waals surface area contributed by atoms with Gasteiger partial charge >= 0.3 is 0 Å². The van der Waals surface area contributed by atoms with Gasteiger partial charge in [0.2, 0.25) is 0 Å². The summed E-state index contributed by atoms with van der Waals surface area (Å²) in [5.74, 6) is -0.157. The van der Waals surface area contributed by atoms with E-state index in [1.54, 1.807) is 6.07 Å². The Hall–Kier alpha value is 0.137. The summed E-state index contributed by atoms with van der Waals surface area (Å²) in [5.41, 5.74) is 0. The molecule has 0 bridgehead atoms. The average Bonchev–Trinajstić information content (AvgIpc) is 1.95. The molecule has 13 heavy (non-hydrogen) atoms. The minimum absolute atomic E-state index is 0.157. The van der Waals surface area contributed by atoms with Crippen LogP contribution in [0.1, 0.15) is 0 Å². The maximum atomic E-state index is 13.5. The molecule has 1 rings (SSSR count). The lowest BCUT2D eigenvalue weighted by atomic mass is 10.3. The molecule has 0 nitrogen and oxygen atoms in total. The van der Waals surface area contributed by atoms with E-state index in [1.165, 1.54) is 6.07 Å². The lowest BCUT2D eigenvalue weighted by Gasteiger charge is -2.19. The van der Waals surface area contributed by atoms with E-state index in [1.807, 2.05) is 0 Å². The van der Waals surface area contributed by atoms with Gasteiger partial charge in [-0.1, -0.05) is 31.2 Å². The third kappa shape index (κ3) is 2.33. The Morgan fingerprint density at radius 3 is 2.23 bits per heavy atom. The van der Waals surface area contributed by atoms with Gasteiger partial charge in [-0.15, -0.1) is 0 Å². The van der Waals surface area contributed by atoms with Crippen LogP contribution in [0, 0.1) is 5.82 Å². The second-order valence-corrected chi connectivity index (χ2v) is 10.2. The van der Waals surface area contributed by atoms with Crippen LogP contribution in [0.2, 0.25) is 24.7 Å². The molecule has 0 aliphatic carbocycles. The van der Waals surface area contributed by atoms with Crippen LogP contribution >= 0.6 is 27.5 Å². The number of benzene rings is 1. The van der Waals surface area contributed by atoms with E-state index in [-0.39, 0.29) is 5.82 Å². The standard InChI is InChI=1S/C9H11BrClFSi/c1-13(2,3)9-7(12)5-4-6(11)8(9)10/h4-5H,1-3H3. The smallest absolute Gasteiger partial charge is 0.123 e. The van der Waals surface area contributed by atoms with Crippen LogP contribution in [-0.2, 0) is 0 Å². The lowest BCUT2D eigenvalue weighted by molar-refractivity contribution is 0.634. The van der Waals surface area contributed by atoms with E-state index in [4.69, 9.17) is 11.6 Å². The fourth-order valence-electron chi connectivity index (χ4n) is 1.21. The van der Waals surface area contributed by atoms with Crippen LogP contribution in [0.3, 0.4) is 0 Å². The van der Waals surface area contributed by atoms with Gasteiger partial charge in [-0.3, -0.25) is 0 Å². The summed E-state index contributed by atoms with van der Waals surface area (Å²) in [6.45, 7) is 6.27. The summed E-state index contributed by atoms with van der Waals surface area (Å²) in [7, 11) is -1.66. The first kappa shape index (κ1) is 11.2. The predicted octanol–water partition coefficient (Wildman–Crippen LogP) is 3.79. The van der Waals surface area contributed by atoms with Crippen molar-refractivity contribution >= 4 is 40.8 Å². The highest BCUT2D eigenvalue weighted by molar-refractivity contribution is 9.10. The summed E-state index contributed by atoms with van der Waals surface area (Å²) in [6.07, 6.45) is 0. The van der Waals surface area contributed by atoms with Gasteiger partial charge in [0.05, 0.1) is 13.1 Å². The quantitative estimate of drug-likeness (QED) is 0.543. The molecule has 0 saturated heterocycles. The molecule has 0 amide bonds. The van der Waals surface area contributed by atoms with E-state index >= 15 is 0 Å². The van der Waals surface area contributed by atoms with Gasteiger partial charge in [0.1, 0.15) is 5.82 Å². The van der Waals surface area contributed by atoms with Crippen LogP contribution in [0.15, 0.2) is 16.6 Å². The van der Waals surface area contributed by atoms with Crippen LogP contribution in [0.4, 0.5) is 4.39 Å². The first-order valence-corrected chi connectivity index (χ1v) is 8.65. The second kappa shape index (κ2) is 3.71. The van der Waals surface area contributed by atoms with Gasteiger partial charge in [-0.2, -0.15) is 0 Å². The van der Waals surface area contributed by atoms with E-state index in [0.29, 0.717) is 9.50 Å². The normalized spacial score (nSPS) is 11.8. The monoisotopic (exact) mass is 280 g/mol. The zero-order valence-electron chi connectivity index (χ0n) is 7.79. The molecule has 0 N–H and O–H groups in total. The molecule has 0 spiro atoms. The molecule has 0 aliphatic heterocycles. The summed E-state index contributed by atoms with van der Waals surface area (Å²) >= 11 is 9.23. The molecule has 1 aromatic rings. The highest BCUT2D eigenvalue weighted by Gasteiger charge is 2.24. The lowest BCUT2D eigenvalue weighted by Crippen LogP contribution is -2.41. The molecule has 1 aromatic carbocycles. The summed E-state index contributed by atoms with van der Waals surface area (Å²) < 4.78 is 14.2. The number of hydrogen-bond donors (Lipinski definition) is 0. The first-order chi connectivity index (χ1) is 5.84. The fourth-order valence-corrected chi connectivity index (χ4v) is 5.15. The molecular weight excluding hydrogens is 271 g/mol. The predicted molar refractivity (Wildman–Crippen MR) is 62.1 cm³/mol. The minimum Gasteiger partial charge on any atom is -0.207 e. The molecule has 0 aliphatic rings. The van der Waals surface area contributed by atoms with Crippen LogP contribution in [0.25, 0.3) is 0 Å². The van der Waals surface area contributed by atoms with Crippen molar-refractivity contribution in [3.05, 3.63) is 27.4 Å². The van der Waals surface area contributed by atoms with Crippen molar-refractivity contribution in [1.82, 2.24) is 0 Å². The molecule has 72 valence electrons. The van der Waals surface area contributed by atoms with Gasteiger partial charge < -0.3 is 0 Å². The number of halogens is 3. The van der Waals surface area contributed by atoms with E-state index < -0.39 is 8.07 Å². The van der Waals surface area contributed by atoms with Crippen molar-refractivity contribution in [2.45, 2.75) is 19.6 Å². The molecule has 4 heteroatoms. The Bertz CT molecular complexity index is 333. The largest absolute Gasteiger partial charge is 0.207 e. The molecule has 0 atom stereocenters. The van der Waals surface area contributed by atoms with Gasteiger partial charge in [0, 0.05) is 4.47 Å². The molecule has 0 heterocycles. The van der Waals surface area contributed by atoms with Gasteiger partial charge in [0.15, 0.2) is 0 Å². The van der Waals surface area contributed by atoms with Gasteiger partial charge in [-0.25, -0.2) is 4.39 Å². The van der Waals surface area contributed by atoms with Gasteiger partial charge in [0.25, 0.3) is 0 Å². The SMILES string of the molecule is C[Si](C)(C)c1c(F)ccc(Cl)c1Br. The fraction of sp³-hybridized carbons (Fsp3) is 0.333. The molecule has 0 aromatic heterocycles. The minimum atomic E-state index is -1.66. The topological polar surface area (TPSA) is 0 Å². The van der Waals surface area contributed by atoms with Crippen molar-refractivity contribution in [2.75, 3.05) is 0 Å². The molecule has 0 saturated carbocycles. The number of rotatable bonds is 1. The van der Waals surface area contributed by atoms with Crippen LogP contribution in [0.5, 0.6) is 0 Å². The average molecular weight is 282 g/mol. The Kier molecular flexibility index (Phi) is 3.20. The van der Waals surface area contributed by atoms with Crippen molar-refractivity contribution in [1.29, 1.82) is 0 Å². The maximum Gasteiger partial charge on any atom is 0.123 e. The molecule has 0 fully saturated rings. The summed E-state index contributed by atoms with van der Waals surface area (Å²) in [4.78, 5) is 0. The highest BCUT2D eigenvalue weighted by atomic mass is 79.9. The first-order valence-electron chi connectivity index (χ1n) is 3.98. The zero-order valence-corrected chi connectivity index (χ0v) is 11.1. The Morgan fingerprint density at radius 2 is 1.85 bits per heavy atom. The van der Waals surface area contributed by atoms with Crippen molar-refractivity contribution < 1.29 is 4.39 Å². The molecule has 0 unspecified atom stereocenters. The third-order valence-electron chi connectivity index (χ3n) is 1.79. The summed E-state index contributed by atoms with van der Waals surface area (Å²) in [6, 6.07) is 3.01. The maximum absolute atomic E-state index is 13.5.